The Bertz CT molecular complexity index is 879. The Labute approximate surface area is 139 Å². The topological polar surface area (TPSA) is 43.6 Å². The van der Waals surface area contributed by atoms with E-state index in [9.17, 15) is 0 Å². The van der Waals surface area contributed by atoms with Crippen molar-refractivity contribution in [2.24, 2.45) is 5.92 Å². The molecule has 0 radical (unpaired) electrons. The Morgan fingerprint density at radius 3 is 3.00 bits per heavy atom. The molecule has 114 valence electrons. The van der Waals surface area contributed by atoms with Crippen molar-refractivity contribution >= 4 is 11.3 Å². The molecule has 0 amide bonds. The van der Waals surface area contributed by atoms with Gasteiger partial charge in [0.2, 0.25) is 0 Å². The van der Waals surface area contributed by atoms with E-state index in [1.807, 2.05) is 22.6 Å². The zero-order valence-electron chi connectivity index (χ0n) is 12.9. The van der Waals surface area contributed by atoms with Crippen LogP contribution in [0.5, 0.6) is 0 Å². The van der Waals surface area contributed by atoms with Crippen molar-refractivity contribution < 1.29 is 0 Å². The van der Waals surface area contributed by atoms with Gasteiger partial charge in [-0.25, -0.2) is 4.68 Å². The van der Waals surface area contributed by atoms with Crippen molar-refractivity contribution in [3.63, 3.8) is 0 Å². The van der Waals surface area contributed by atoms with Gasteiger partial charge in [0.15, 0.2) is 0 Å². The summed E-state index contributed by atoms with van der Waals surface area (Å²) in [5, 5.41) is 8.52. The molecule has 0 N–H and O–H groups in total. The Hall–Kier alpha value is -2.45. The van der Waals surface area contributed by atoms with E-state index in [2.05, 4.69) is 52.3 Å². The van der Waals surface area contributed by atoms with Crippen LogP contribution in [0, 0.1) is 24.7 Å². The summed E-state index contributed by atoms with van der Waals surface area (Å²) >= 11 is 1.63. The van der Waals surface area contributed by atoms with E-state index in [1.54, 1.807) is 11.3 Å². The maximum atomic E-state index is 4.30. The highest BCUT2D eigenvalue weighted by atomic mass is 32.1. The highest BCUT2D eigenvalue weighted by Gasteiger charge is 2.17. The van der Waals surface area contributed by atoms with Gasteiger partial charge >= 0.3 is 0 Å². The molecule has 0 spiro atoms. The molecule has 1 aliphatic rings. The maximum Gasteiger partial charge on any atom is 0.113 e. The first kappa shape index (κ1) is 14.2. The first-order valence-electron chi connectivity index (χ1n) is 7.68. The van der Waals surface area contributed by atoms with Crippen molar-refractivity contribution in [3.8, 4) is 23.1 Å². The fourth-order valence-corrected chi connectivity index (χ4v) is 3.01. The molecule has 4 nitrogen and oxygen atoms in total. The third kappa shape index (κ3) is 3.33. The lowest BCUT2D eigenvalue weighted by Crippen LogP contribution is -1.98. The zero-order valence-corrected chi connectivity index (χ0v) is 13.7. The van der Waals surface area contributed by atoms with E-state index in [0.29, 0.717) is 12.5 Å². The van der Waals surface area contributed by atoms with Crippen molar-refractivity contribution in [1.29, 1.82) is 0 Å². The molecule has 0 bridgehead atoms. The van der Waals surface area contributed by atoms with Crippen LogP contribution in [-0.4, -0.2) is 20.0 Å². The van der Waals surface area contributed by atoms with Gasteiger partial charge in [0.25, 0.3) is 0 Å². The fourth-order valence-electron chi connectivity index (χ4n) is 2.42. The fraction of sp³-hybridized carbons (Fsp3) is 0.278. The molecule has 1 aliphatic carbocycles. The normalized spacial score (nSPS) is 13.6. The summed E-state index contributed by atoms with van der Waals surface area (Å²) in [6.45, 7) is 2.81. The molecule has 1 aromatic carbocycles. The highest BCUT2D eigenvalue weighted by Crippen LogP contribution is 2.28. The van der Waals surface area contributed by atoms with Crippen LogP contribution in [0.2, 0.25) is 0 Å². The second-order valence-corrected chi connectivity index (χ2v) is 6.81. The maximum absolute atomic E-state index is 4.30. The molecule has 1 saturated carbocycles. The lowest BCUT2D eigenvalue weighted by Gasteiger charge is -2.02. The first-order valence-corrected chi connectivity index (χ1v) is 8.56. The van der Waals surface area contributed by atoms with Crippen LogP contribution < -0.4 is 0 Å². The largest absolute Gasteiger partial charge is 0.253 e. The van der Waals surface area contributed by atoms with E-state index >= 15 is 0 Å². The number of aromatic nitrogens is 4. The Balaban J connectivity index is 1.55. The summed E-state index contributed by atoms with van der Waals surface area (Å²) in [4.78, 5) is 5.26. The SMILES string of the molecule is Cc1cc(C#CC2CC2)ccc1-c1cn(Cc2cncs2)nn1. The minimum Gasteiger partial charge on any atom is -0.253 e. The third-order valence-corrected chi connectivity index (χ3v) is 4.60. The molecule has 2 aromatic heterocycles. The van der Waals surface area contributed by atoms with E-state index in [4.69, 9.17) is 0 Å². The average molecular weight is 320 g/mol. The number of hydrogen-bond acceptors (Lipinski definition) is 4. The second kappa shape index (κ2) is 5.98. The van der Waals surface area contributed by atoms with Gasteiger partial charge in [-0.3, -0.25) is 4.98 Å². The summed E-state index contributed by atoms with van der Waals surface area (Å²) in [5.41, 5.74) is 6.09. The van der Waals surface area contributed by atoms with E-state index in [0.717, 1.165) is 16.8 Å². The third-order valence-electron chi connectivity index (χ3n) is 3.84. The Kier molecular flexibility index (Phi) is 3.68. The molecule has 5 heteroatoms. The molecule has 3 aromatic rings. The number of aryl methyl sites for hydroxylation is 1. The van der Waals surface area contributed by atoms with Gasteiger partial charge < -0.3 is 0 Å². The van der Waals surface area contributed by atoms with Crippen molar-refractivity contribution in [2.45, 2.75) is 26.3 Å². The summed E-state index contributed by atoms with van der Waals surface area (Å²) in [7, 11) is 0. The van der Waals surface area contributed by atoms with Gasteiger partial charge in [0, 0.05) is 28.1 Å². The lowest BCUT2D eigenvalue weighted by molar-refractivity contribution is 0.655. The average Bonchev–Trinajstić information content (AvgIpc) is 3.03. The van der Waals surface area contributed by atoms with Gasteiger partial charge in [-0.05, 0) is 37.5 Å². The summed E-state index contributed by atoms with van der Waals surface area (Å²) in [5.74, 6) is 7.19. The molecule has 2 heterocycles. The molecule has 0 unspecified atom stereocenters. The zero-order chi connectivity index (χ0) is 15.6. The van der Waals surface area contributed by atoms with E-state index in [-0.39, 0.29) is 0 Å². The van der Waals surface area contributed by atoms with Crippen LogP contribution >= 0.6 is 11.3 Å². The predicted molar refractivity (Wildman–Crippen MR) is 91.0 cm³/mol. The number of rotatable bonds is 3. The van der Waals surface area contributed by atoms with Gasteiger partial charge in [-0.15, -0.1) is 16.4 Å². The monoisotopic (exact) mass is 320 g/mol. The van der Waals surface area contributed by atoms with Crippen LogP contribution in [-0.2, 0) is 6.54 Å². The van der Waals surface area contributed by atoms with Crippen LogP contribution in [0.15, 0.2) is 36.1 Å². The van der Waals surface area contributed by atoms with Crippen LogP contribution in [0.1, 0.15) is 28.8 Å². The van der Waals surface area contributed by atoms with Gasteiger partial charge in [-0.2, -0.15) is 0 Å². The number of thiazole rings is 1. The smallest absolute Gasteiger partial charge is 0.113 e. The van der Waals surface area contributed by atoms with E-state index in [1.165, 1.54) is 23.3 Å². The number of hydrogen-bond donors (Lipinski definition) is 0. The molecule has 0 aliphatic heterocycles. The molecule has 4 rings (SSSR count). The van der Waals surface area contributed by atoms with Crippen molar-refractivity contribution in [3.05, 3.63) is 52.1 Å². The number of nitrogens with zero attached hydrogens (tertiary/aromatic N) is 4. The Morgan fingerprint density at radius 2 is 2.26 bits per heavy atom. The molecule has 0 atom stereocenters. The second-order valence-electron chi connectivity index (χ2n) is 5.84. The minimum absolute atomic E-state index is 0.627. The van der Waals surface area contributed by atoms with E-state index < -0.39 is 0 Å². The van der Waals surface area contributed by atoms with Crippen LogP contribution in [0.4, 0.5) is 0 Å². The summed E-state index contributed by atoms with van der Waals surface area (Å²) < 4.78 is 1.85. The quantitative estimate of drug-likeness (QED) is 0.694. The number of benzene rings is 1. The molecular weight excluding hydrogens is 304 g/mol. The lowest BCUT2D eigenvalue weighted by atomic mass is 10.0. The van der Waals surface area contributed by atoms with Crippen molar-refractivity contribution in [1.82, 2.24) is 20.0 Å². The summed E-state index contributed by atoms with van der Waals surface area (Å²) in [6.07, 6.45) is 6.36. The van der Waals surface area contributed by atoms with Gasteiger partial charge in [0.1, 0.15) is 5.69 Å². The molecular formula is C18H16N4S. The van der Waals surface area contributed by atoms with Crippen LogP contribution in [0.3, 0.4) is 0 Å². The minimum atomic E-state index is 0.627. The summed E-state index contributed by atoms with van der Waals surface area (Å²) in [6, 6.07) is 6.29. The van der Waals surface area contributed by atoms with Gasteiger partial charge in [-0.1, -0.05) is 23.1 Å². The van der Waals surface area contributed by atoms with Crippen LogP contribution in [0.25, 0.3) is 11.3 Å². The highest BCUT2D eigenvalue weighted by molar-refractivity contribution is 7.09. The predicted octanol–water partition coefficient (Wildman–Crippen LogP) is 3.52. The Morgan fingerprint density at radius 1 is 1.35 bits per heavy atom. The van der Waals surface area contributed by atoms with Crippen molar-refractivity contribution in [2.75, 3.05) is 0 Å². The molecule has 0 saturated heterocycles. The molecule has 1 fully saturated rings. The first-order chi connectivity index (χ1) is 11.3. The van der Waals surface area contributed by atoms with Gasteiger partial charge in [0.05, 0.1) is 18.3 Å². The standard InChI is InChI=1S/C18H16N4S/c1-13-8-15(5-4-14-2-3-14)6-7-17(13)18-11-22(21-20-18)10-16-9-19-12-23-16/h6-9,11-12,14H,2-3,10H2,1H3. The molecule has 23 heavy (non-hydrogen) atoms.